The molecule has 5 rings (SSSR count). The summed E-state index contributed by atoms with van der Waals surface area (Å²) < 4.78 is 0. The Balaban J connectivity index is 1.41. The van der Waals surface area contributed by atoms with Crippen LogP contribution in [-0.4, -0.2) is 10.2 Å². The van der Waals surface area contributed by atoms with Gasteiger partial charge in [-0.25, -0.2) is 0 Å². The van der Waals surface area contributed by atoms with Gasteiger partial charge in [0.2, 0.25) is 0 Å². The zero-order chi connectivity index (χ0) is 26.3. The van der Waals surface area contributed by atoms with Crippen molar-refractivity contribution in [1.82, 2.24) is 0 Å². The van der Waals surface area contributed by atoms with Gasteiger partial charge < -0.3 is 15.1 Å². The van der Waals surface area contributed by atoms with E-state index in [-0.39, 0.29) is 11.5 Å². The molecule has 0 aliphatic carbocycles. The number of hydrogen-bond acceptors (Lipinski definition) is 3. The second kappa shape index (κ2) is 11.4. The predicted molar refractivity (Wildman–Crippen MR) is 160 cm³/mol. The summed E-state index contributed by atoms with van der Waals surface area (Å²) in [6.45, 7) is 2.09. The van der Waals surface area contributed by atoms with Crippen molar-refractivity contribution in [3.05, 3.63) is 149 Å². The number of aryl methyl sites for hydroxylation is 1. The van der Waals surface area contributed by atoms with E-state index >= 15 is 0 Å². The summed E-state index contributed by atoms with van der Waals surface area (Å²) in [7, 11) is 0. The van der Waals surface area contributed by atoms with Crippen molar-refractivity contribution in [3.63, 3.8) is 0 Å². The highest BCUT2D eigenvalue weighted by Crippen LogP contribution is 2.35. The van der Waals surface area contributed by atoms with Gasteiger partial charge in [0, 0.05) is 17.1 Å². The number of aromatic hydroxyl groups is 2. The lowest BCUT2D eigenvalue weighted by Gasteiger charge is -2.26. The van der Waals surface area contributed by atoms with E-state index in [1.54, 1.807) is 24.3 Å². The number of benzene rings is 5. The Morgan fingerprint density at radius 1 is 0.447 bits per heavy atom. The van der Waals surface area contributed by atoms with Crippen molar-refractivity contribution >= 4 is 41.4 Å². The normalized spacial score (nSPS) is 11.3. The van der Waals surface area contributed by atoms with Crippen LogP contribution in [-0.2, 0) is 0 Å². The number of nitrogens with zero attached hydrogens (tertiary/aromatic N) is 1. The fraction of sp³-hybridized carbons (Fsp3) is 0.0286. The first-order valence-electron chi connectivity index (χ1n) is 12.5. The minimum Gasteiger partial charge on any atom is -0.508 e. The van der Waals surface area contributed by atoms with Gasteiger partial charge in [-0.1, -0.05) is 90.5 Å². The zero-order valence-corrected chi connectivity index (χ0v) is 21.2. The third kappa shape index (κ3) is 6.21. The van der Waals surface area contributed by atoms with Gasteiger partial charge in [0.15, 0.2) is 0 Å². The Labute approximate surface area is 223 Å². The van der Waals surface area contributed by atoms with Crippen LogP contribution in [0, 0.1) is 6.92 Å². The minimum atomic E-state index is 0.261. The van der Waals surface area contributed by atoms with Gasteiger partial charge in [0.1, 0.15) is 11.5 Å². The van der Waals surface area contributed by atoms with Gasteiger partial charge in [-0.05, 0) is 89.8 Å². The van der Waals surface area contributed by atoms with Crippen molar-refractivity contribution in [2.75, 3.05) is 4.90 Å². The second-order valence-electron chi connectivity index (χ2n) is 9.21. The van der Waals surface area contributed by atoms with E-state index in [2.05, 4.69) is 84.6 Å². The predicted octanol–water partition coefficient (Wildman–Crippen LogP) is 9.22. The van der Waals surface area contributed by atoms with Crippen LogP contribution in [0.5, 0.6) is 11.5 Å². The van der Waals surface area contributed by atoms with E-state index in [0.29, 0.717) is 0 Å². The summed E-state index contributed by atoms with van der Waals surface area (Å²) in [5, 5.41) is 19.4. The molecule has 0 heterocycles. The van der Waals surface area contributed by atoms with Crippen LogP contribution in [0.25, 0.3) is 24.3 Å². The van der Waals surface area contributed by atoms with Crippen LogP contribution in [0.4, 0.5) is 17.1 Å². The maximum absolute atomic E-state index is 9.70. The Morgan fingerprint density at radius 2 is 0.816 bits per heavy atom. The summed E-state index contributed by atoms with van der Waals surface area (Å²) in [5.74, 6) is 0.522. The number of hydrogen-bond donors (Lipinski definition) is 2. The Bertz CT molecular complexity index is 1470. The summed E-state index contributed by atoms with van der Waals surface area (Å²) in [4.78, 5) is 2.24. The van der Waals surface area contributed by atoms with E-state index in [1.807, 2.05) is 48.6 Å². The topological polar surface area (TPSA) is 43.7 Å². The lowest BCUT2D eigenvalue weighted by Crippen LogP contribution is -2.09. The molecule has 0 saturated heterocycles. The van der Waals surface area contributed by atoms with Crippen molar-refractivity contribution in [2.24, 2.45) is 0 Å². The Hall–Kier alpha value is -5.02. The summed E-state index contributed by atoms with van der Waals surface area (Å²) >= 11 is 0. The average Bonchev–Trinajstić information content (AvgIpc) is 2.93. The molecule has 0 unspecified atom stereocenters. The van der Waals surface area contributed by atoms with E-state index in [9.17, 15) is 10.2 Å². The van der Waals surface area contributed by atoms with Crippen molar-refractivity contribution in [2.45, 2.75) is 6.92 Å². The molecule has 3 nitrogen and oxygen atoms in total. The summed E-state index contributed by atoms with van der Waals surface area (Å²) in [6, 6.07) is 39.9. The average molecular weight is 496 g/mol. The third-order valence-corrected chi connectivity index (χ3v) is 6.27. The molecular formula is C35H29NO2. The van der Waals surface area contributed by atoms with Gasteiger partial charge in [0.05, 0.1) is 0 Å². The van der Waals surface area contributed by atoms with E-state index in [4.69, 9.17) is 0 Å². The second-order valence-corrected chi connectivity index (χ2v) is 9.21. The summed E-state index contributed by atoms with van der Waals surface area (Å²) in [5.41, 5.74) is 8.48. The molecule has 5 aromatic rings. The molecule has 0 aromatic heterocycles. The molecule has 0 bridgehead atoms. The highest BCUT2D eigenvalue weighted by atomic mass is 16.3. The van der Waals surface area contributed by atoms with Crippen molar-refractivity contribution in [1.29, 1.82) is 0 Å². The van der Waals surface area contributed by atoms with Gasteiger partial charge in [-0.3, -0.25) is 0 Å². The van der Waals surface area contributed by atoms with Gasteiger partial charge in [-0.15, -0.1) is 0 Å². The van der Waals surface area contributed by atoms with Crippen LogP contribution in [0.1, 0.15) is 27.8 Å². The first-order valence-corrected chi connectivity index (χ1v) is 12.5. The Kier molecular flexibility index (Phi) is 7.37. The molecule has 0 radical (unpaired) electrons. The number of phenolic OH excluding ortho intramolecular Hbond substituents is 2. The molecule has 0 atom stereocenters. The monoisotopic (exact) mass is 495 g/mol. The number of anilines is 3. The van der Waals surface area contributed by atoms with Crippen LogP contribution in [0.2, 0.25) is 0 Å². The minimum absolute atomic E-state index is 0.261. The molecule has 0 amide bonds. The molecule has 5 aromatic carbocycles. The standard InChI is InChI=1S/C35H29NO2/c1-26-8-18-31(19-9-26)36(32-20-14-27(15-21-32)10-12-29-4-2-6-34(37)24-29)33-22-16-28(17-23-33)11-13-30-5-3-7-35(38)25-30/h2-25,37-38H,1H3/b12-10-,13-11-. The molecule has 186 valence electrons. The van der Waals surface area contributed by atoms with Gasteiger partial charge in [-0.2, -0.15) is 0 Å². The van der Waals surface area contributed by atoms with Crippen molar-refractivity contribution < 1.29 is 10.2 Å². The van der Waals surface area contributed by atoms with Crippen LogP contribution >= 0.6 is 0 Å². The zero-order valence-electron chi connectivity index (χ0n) is 21.2. The first kappa shape index (κ1) is 24.7. The lowest BCUT2D eigenvalue weighted by atomic mass is 10.1. The fourth-order valence-corrected chi connectivity index (χ4v) is 4.25. The maximum atomic E-state index is 9.70. The maximum Gasteiger partial charge on any atom is 0.116 e. The molecule has 0 saturated carbocycles. The SMILES string of the molecule is Cc1ccc(N(c2ccc(/C=C\c3cccc(O)c3)cc2)c2ccc(/C=C\c3cccc(O)c3)cc2)cc1. The fourth-order valence-electron chi connectivity index (χ4n) is 4.25. The van der Waals surface area contributed by atoms with E-state index in [1.165, 1.54) is 5.56 Å². The highest BCUT2D eigenvalue weighted by molar-refractivity contribution is 5.79. The van der Waals surface area contributed by atoms with Crippen LogP contribution in [0.15, 0.2) is 121 Å². The van der Waals surface area contributed by atoms with Gasteiger partial charge in [0.25, 0.3) is 0 Å². The number of phenols is 2. The molecule has 3 heteroatoms. The first-order chi connectivity index (χ1) is 18.5. The molecule has 0 aliphatic rings. The third-order valence-electron chi connectivity index (χ3n) is 6.27. The quantitative estimate of drug-likeness (QED) is 0.221. The molecule has 0 spiro atoms. The van der Waals surface area contributed by atoms with E-state index < -0.39 is 0 Å². The molecule has 2 N–H and O–H groups in total. The largest absolute Gasteiger partial charge is 0.508 e. The van der Waals surface area contributed by atoms with Gasteiger partial charge >= 0.3 is 0 Å². The molecular weight excluding hydrogens is 466 g/mol. The Morgan fingerprint density at radius 3 is 1.21 bits per heavy atom. The molecule has 38 heavy (non-hydrogen) atoms. The van der Waals surface area contributed by atoms with Crippen molar-refractivity contribution in [3.8, 4) is 11.5 Å². The highest BCUT2D eigenvalue weighted by Gasteiger charge is 2.12. The number of rotatable bonds is 7. The van der Waals surface area contributed by atoms with Crippen LogP contribution in [0.3, 0.4) is 0 Å². The molecule has 0 fully saturated rings. The summed E-state index contributed by atoms with van der Waals surface area (Å²) in [6.07, 6.45) is 8.08. The van der Waals surface area contributed by atoms with E-state index in [0.717, 1.165) is 39.3 Å². The lowest BCUT2D eigenvalue weighted by molar-refractivity contribution is 0.474. The smallest absolute Gasteiger partial charge is 0.116 e. The van der Waals surface area contributed by atoms with Crippen LogP contribution < -0.4 is 4.90 Å². The molecule has 0 aliphatic heterocycles.